The molecule has 4 rings (SSSR count). The molecule has 33 heavy (non-hydrogen) atoms. The Balaban J connectivity index is 1.58. The summed E-state index contributed by atoms with van der Waals surface area (Å²) in [4.78, 5) is 29.1. The first kappa shape index (κ1) is 23.9. The number of hydrogen-bond acceptors (Lipinski definition) is 5. The zero-order valence-corrected chi connectivity index (χ0v) is 21.9. The van der Waals surface area contributed by atoms with Gasteiger partial charge in [-0.15, -0.1) is 0 Å². The Morgan fingerprint density at radius 3 is 2.52 bits per heavy atom. The Bertz CT molecular complexity index is 1070. The summed E-state index contributed by atoms with van der Waals surface area (Å²) in [5, 5.41) is 12.4. The summed E-state index contributed by atoms with van der Waals surface area (Å²) >= 11 is -3.17. The maximum absolute atomic E-state index is 13.5. The molecule has 1 amide bonds. The third-order valence-corrected chi connectivity index (χ3v) is 11.5. The number of likely N-dealkylation sites (tertiary alicyclic amines) is 1. The van der Waals surface area contributed by atoms with Crippen LogP contribution in [-0.4, -0.2) is 69.6 Å². The van der Waals surface area contributed by atoms with E-state index in [1.54, 1.807) is 0 Å². The van der Waals surface area contributed by atoms with Gasteiger partial charge in [-0.25, -0.2) is 4.79 Å². The summed E-state index contributed by atoms with van der Waals surface area (Å²) in [6, 6.07) is 6.09. The number of halogens is 3. The van der Waals surface area contributed by atoms with E-state index in [0.29, 0.717) is 19.5 Å². The second-order valence-electron chi connectivity index (χ2n) is 9.65. The van der Waals surface area contributed by atoms with Gasteiger partial charge in [-0.3, -0.25) is 0 Å². The molecular formula is C22H28F3N5O2Sn. The summed E-state index contributed by atoms with van der Waals surface area (Å²) in [5.41, 5.74) is 2.04. The van der Waals surface area contributed by atoms with Crippen molar-refractivity contribution in [3.05, 3.63) is 35.5 Å². The molecule has 2 atom stereocenters. The fourth-order valence-corrected chi connectivity index (χ4v) is 8.89. The topological polar surface area (TPSA) is 81.6 Å². The molecule has 0 spiro atoms. The molecule has 0 unspecified atom stereocenters. The van der Waals surface area contributed by atoms with Crippen molar-refractivity contribution >= 4 is 45.5 Å². The molecule has 2 aliphatic rings. The maximum atomic E-state index is 13.5. The van der Waals surface area contributed by atoms with Gasteiger partial charge in [0.25, 0.3) is 0 Å². The van der Waals surface area contributed by atoms with E-state index >= 15 is 0 Å². The van der Waals surface area contributed by atoms with Crippen LogP contribution in [0.2, 0.25) is 14.8 Å². The Hall–Kier alpha value is -2.24. The Morgan fingerprint density at radius 2 is 1.97 bits per heavy atom. The summed E-state index contributed by atoms with van der Waals surface area (Å²) in [5.74, 6) is 0.171. The van der Waals surface area contributed by atoms with Gasteiger partial charge in [0.05, 0.1) is 0 Å². The second-order valence-corrected chi connectivity index (χ2v) is 23.8. The molecule has 0 saturated carbocycles. The molecule has 2 aliphatic heterocycles. The molecule has 1 aromatic heterocycles. The molecule has 11 heteroatoms. The average molecular weight is 570 g/mol. The zero-order chi connectivity index (χ0) is 24.1. The minimum absolute atomic E-state index is 0.0121. The van der Waals surface area contributed by atoms with Crippen molar-refractivity contribution in [1.82, 2.24) is 14.9 Å². The van der Waals surface area contributed by atoms with Gasteiger partial charge < -0.3 is 5.11 Å². The number of carboxylic acid groups (broad SMARTS) is 1. The van der Waals surface area contributed by atoms with Gasteiger partial charge in [0.1, 0.15) is 0 Å². The van der Waals surface area contributed by atoms with Crippen LogP contribution in [0, 0.1) is 0 Å². The molecule has 3 heterocycles. The molecule has 178 valence electrons. The first-order valence-corrected chi connectivity index (χ1v) is 21.0. The number of piperazine rings is 1. The van der Waals surface area contributed by atoms with E-state index in [9.17, 15) is 23.1 Å². The van der Waals surface area contributed by atoms with Crippen LogP contribution in [0.15, 0.2) is 24.4 Å². The number of hydrogen-bond donors (Lipinski definition) is 2. The molecule has 0 aliphatic carbocycles. The molecule has 0 radical (unpaired) electrons. The van der Waals surface area contributed by atoms with E-state index in [4.69, 9.17) is 0 Å². The predicted octanol–water partition coefficient (Wildman–Crippen LogP) is 4.29. The number of rotatable bonds is 5. The number of nitrogens with zero attached hydrogens (tertiary/aromatic N) is 4. The van der Waals surface area contributed by atoms with Gasteiger partial charge in [0.2, 0.25) is 0 Å². The van der Waals surface area contributed by atoms with E-state index in [0.717, 1.165) is 29.6 Å². The van der Waals surface area contributed by atoms with Crippen LogP contribution in [-0.2, 0) is 12.6 Å². The first-order valence-electron chi connectivity index (χ1n) is 11.0. The van der Waals surface area contributed by atoms with Crippen molar-refractivity contribution in [2.75, 3.05) is 23.3 Å². The fraction of sp³-hybridized carbons (Fsp3) is 0.500. The van der Waals surface area contributed by atoms with Gasteiger partial charge >= 0.3 is 185 Å². The number of carbonyl (C=O) groups is 1. The molecular weight excluding hydrogens is 542 g/mol. The number of anilines is 3. The normalized spacial score (nSPS) is 20.5. The van der Waals surface area contributed by atoms with Gasteiger partial charge in [-0.1, -0.05) is 0 Å². The van der Waals surface area contributed by atoms with Crippen molar-refractivity contribution in [3.8, 4) is 0 Å². The molecule has 2 N–H and O–H groups in total. The third-order valence-electron chi connectivity index (χ3n) is 6.34. The van der Waals surface area contributed by atoms with E-state index in [-0.39, 0.29) is 21.7 Å². The molecule has 2 fully saturated rings. The molecule has 2 saturated heterocycles. The van der Waals surface area contributed by atoms with Crippen LogP contribution in [0.5, 0.6) is 0 Å². The third kappa shape index (κ3) is 4.71. The van der Waals surface area contributed by atoms with Crippen molar-refractivity contribution in [3.63, 3.8) is 0 Å². The van der Waals surface area contributed by atoms with E-state index in [1.165, 1.54) is 4.90 Å². The Morgan fingerprint density at radius 1 is 1.24 bits per heavy atom. The standard InChI is InChI=1S/C19H19F3N5O2.3CH3.Sn/c1-2-11-5-13(26-9-15-6-14(26)10-27(15)18(28)29)3-4-16(11)25-17-23-7-12(8-24-17)19(20,21)22;;;;/h3-5,7,14-15H,2,6,9-10H2,1H3,(H,28,29)(H,23,24,25);3*1H3;/t14-,15-;;;;/m1..../s1. The van der Waals surface area contributed by atoms with Crippen LogP contribution in [0.3, 0.4) is 0 Å². The number of benzene rings is 1. The number of aryl methyl sites for hydroxylation is 1. The van der Waals surface area contributed by atoms with Crippen LogP contribution < -0.4 is 13.9 Å². The monoisotopic (exact) mass is 571 g/mol. The molecule has 2 bridgehead atoms. The molecule has 2 aromatic rings. The van der Waals surface area contributed by atoms with E-state index in [1.807, 2.05) is 33.9 Å². The zero-order valence-electron chi connectivity index (χ0n) is 19.1. The number of fused-ring (bicyclic) bond motifs is 2. The fourth-order valence-electron chi connectivity index (χ4n) is 4.73. The van der Waals surface area contributed by atoms with Gasteiger partial charge in [-0.05, 0) is 0 Å². The van der Waals surface area contributed by atoms with Crippen LogP contribution in [0.1, 0.15) is 24.5 Å². The summed E-state index contributed by atoms with van der Waals surface area (Å²) < 4.78 is 40.6. The molecule has 7 nitrogen and oxygen atoms in total. The van der Waals surface area contributed by atoms with Crippen molar-refractivity contribution < 1.29 is 23.1 Å². The molecule has 1 aromatic carbocycles. The van der Waals surface area contributed by atoms with E-state index < -0.39 is 36.2 Å². The van der Waals surface area contributed by atoms with Crippen molar-refractivity contribution in [2.24, 2.45) is 0 Å². The Kier molecular flexibility index (Phi) is 6.17. The number of aromatic nitrogens is 2. The van der Waals surface area contributed by atoms with Gasteiger partial charge in [0.15, 0.2) is 0 Å². The summed E-state index contributed by atoms with van der Waals surface area (Å²) in [7, 11) is 0. The number of alkyl halides is 3. The SMILES string of the molecule is CCc1cc(N2C[C@H]3C[C@@H]2CN3C(=O)O)ccc1Nc1ncc(C(F)(F)F)[c]([Sn]([CH3])([CH3])[CH3])n1. The summed E-state index contributed by atoms with van der Waals surface area (Å²) in [6.07, 6.45) is -2.91. The second kappa shape index (κ2) is 8.52. The number of nitrogens with one attached hydrogen (secondary N) is 1. The van der Waals surface area contributed by atoms with E-state index in [2.05, 4.69) is 26.3 Å². The first-order chi connectivity index (χ1) is 15.4. The quantitative estimate of drug-likeness (QED) is 0.523. The van der Waals surface area contributed by atoms with Crippen molar-refractivity contribution in [2.45, 2.75) is 52.8 Å². The van der Waals surface area contributed by atoms with Crippen LogP contribution >= 0.6 is 0 Å². The summed E-state index contributed by atoms with van der Waals surface area (Å²) in [6.45, 7) is 3.18. The van der Waals surface area contributed by atoms with Crippen molar-refractivity contribution in [1.29, 1.82) is 0 Å². The minimum atomic E-state index is -4.47. The van der Waals surface area contributed by atoms with Gasteiger partial charge in [0, 0.05) is 0 Å². The van der Waals surface area contributed by atoms with Crippen LogP contribution in [0.25, 0.3) is 0 Å². The Labute approximate surface area is 194 Å². The number of amides is 1. The van der Waals surface area contributed by atoms with Crippen LogP contribution in [0.4, 0.5) is 35.3 Å². The van der Waals surface area contributed by atoms with Gasteiger partial charge in [-0.2, -0.15) is 0 Å². The average Bonchev–Trinajstić information content (AvgIpc) is 3.34. The predicted molar refractivity (Wildman–Crippen MR) is 123 cm³/mol.